The Bertz CT molecular complexity index is 312. The number of carboxylic acids is 1. The molecule has 0 aliphatic rings. The van der Waals surface area contributed by atoms with Crippen LogP contribution in [0.25, 0.3) is 0 Å². The highest BCUT2D eigenvalue weighted by Crippen LogP contribution is 2.01. The second-order valence-electron chi connectivity index (χ2n) is 3.94. The molecule has 6 heteroatoms. The number of aliphatic hydroxyl groups is 1. The first-order valence-electron chi connectivity index (χ1n) is 5.79. The van der Waals surface area contributed by atoms with Gasteiger partial charge < -0.3 is 20.0 Å². The molecule has 0 saturated heterocycles. The van der Waals surface area contributed by atoms with Gasteiger partial charge in [-0.25, -0.2) is 4.79 Å². The van der Waals surface area contributed by atoms with Gasteiger partial charge in [-0.3, -0.25) is 4.79 Å². The average Bonchev–Trinajstić information content (AvgIpc) is 2.32. The molecule has 0 unspecified atom stereocenters. The van der Waals surface area contributed by atoms with Gasteiger partial charge in [0.15, 0.2) is 0 Å². The maximum atomic E-state index is 11.9. The lowest BCUT2D eigenvalue weighted by Gasteiger charge is -2.25. The number of unbranched alkanes of at least 4 members (excludes halogenated alkanes) is 2. The van der Waals surface area contributed by atoms with E-state index in [1.54, 1.807) is 7.05 Å². The molecule has 0 fully saturated rings. The standard InChI is InChI=1S/C12H20N2O4/c1-3-7-14(10-11(16)17)12(18)13(2)8-5-4-6-9-15/h1,15H,4-10H2,2H3,(H,16,17). The van der Waals surface area contributed by atoms with Crippen molar-refractivity contribution in [2.75, 3.05) is 33.3 Å². The zero-order valence-corrected chi connectivity index (χ0v) is 10.6. The second-order valence-corrected chi connectivity index (χ2v) is 3.94. The van der Waals surface area contributed by atoms with Crippen molar-refractivity contribution in [3.8, 4) is 12.3 Å². The van der Waals surface area contributed by atoms with Gasteiger partial charge in [-0.2, -0.15) is 0 Å². The molecule has 0 aliphatic carbocycles. The van der Waals surface area contributed by atoms with Gasteiger partial charge in [0, 0.05) is 20.2 Å². The molecule has 0 spiro atoms. The van der Waals surface area contributed by atoms with Gasteiger partial charge in [0.05, 0.1) is 6.54 Å². The van der Waals surface area contributed by atoms with Gasteiger partial charge in [0.1, 0.15) is 6.54 Å². The molecule has 0 rings (SSSR count). The first-order valence-corrected chi connectivity index (χ1v) is 5.79. The molecule has 0 heterocycles. The van der Waals surface area contributed by atoms with E-state index in [2.05, 4.69) is 5.92 Å². The van der Waals surface area contributed by atoms with Crippen LogP contribution >= 0.6 is 0 Å². The number of urea groups is 1. The molecule has 6 nitrogen and oxygen atoms in total. The zero-order chi connectivity index (χ0) is 14.0. The summed E-state index contributed by atoms with van der Waals surface area (Å²) in [6.45, 7) is 0.232. The topological polar surface area (TPSA) is 81.1 Å². The number of amides is 2. The van der Waals surface area contributed by atoms with E-state index >= 15 is 0 Å². The van der Waals surface area contributed by atoms with Crippen LogP contribution in [0.1, 0.15) is 19.3 Å². The predicted molar refractivity (Wildman–Crippen MR) is 67.0 cm³/mol. The molecule has 0 atom stereocenters. The van der Waals surface area contributed by atoms with Crippen LogP contribution < -0.4 is 0 Å². The third-order valence-electron chi connectivity index (χ3n) is 2.36. The molecule has 2 N–H and O–H groups in total. The van der Waals surface area contributed by atoms with Gasteiger partial charge in [0.2, 0.25) is 0 Å². The van der Waals surface area contributed by atoms with E-state index in [0.29, 0.717) is 13.0 Å². The molecule has 0 aromatic rings. The van der Waals surface area contributed by atoms with Gasteiger partial charge in [-0.15, -0.1) is 6.42 Å². The van der Waals surface area contributed by atoms with E-state index in [1.807, 2.05) is 0 Å². The van der Waals surface area contributed by atoms with Crippen molar-refractivity contribution in [1.82, 2.24) is 9.80 Å². The van der Waals surface area contributed by atoms with Crippen molar-refractivity contribution in [1.29, 1.82) is 0 Å². The van der Waals surface area contributed by atoms with E-state index in [4.69, 9.17) is 16.6 Å². The van der Waals surface area contributed by atoms with Crippen molar-refractivity contribution >= 4 is 12.0 Å². The lowest BCUT2D eigenvalue weighted by Crippen LogP contribution is -2.44. The van der Waals surface area contributed by atoms with E-state index < -0.39 is 12.5 Å². The van der Waals surface area contributed by atoms with E-state index in [9.17, 15) is 9.59 Å². The van der Waals surface area contributed by atoms with Crippen LogP contribution in [-0.2, 0) is 4.79 Å². The van der Waals surface area contributed by atoms with E-state index in [0.717, 1.165) is 17.7 Å². The minimum absolute atomic E-state index is 0.0217. The summed E-state index contributed by atoms with van der Waals surface area (Å²) in [7, 11) is 1.60. The maximum absolute atomic E-state index is 11.9. The summed E-state index contributed by atoms with van der Waals surface area (Å²) in [6.07, 6.45) is 7.38. The number of hydrogen-bond acceptors (Lipinski definition) is 3. The molecule has 18 heavy (non-hydrogen) atoms. The SMILES string of the molecule is C#CCN(CC(=O)O)C(=O)N(C)CCCCCO. The van der Waals surface area contributed by atoms with Gasteiger partial charge in [-0.1, -0.05) is 5.92 Å². The number of aliphatic carboxylic acids is 1. The Morgan fingerprint density at radius 2 is 1.94 bits per heavy atom. The minimum Gasteiger partial charge on any atom is -0.480 e. The van der Waals surface area contributed by atoms with Gasteiger partial charge in [-0.05, 0) is 19.3 Å². The number of carboxylic acid groups (broad SMARTS) is 1. The number of aliphatic hydroxyl groups excluding tert-OH is 1. The molecule has 102 valence electrons. The maximum Gasteiger partial charge on any atom is 0.323 e. The van der Waals surface area contributed by atoms with Gasteiger partial charge >= 0.3 is 12.0 Å². The molecule has 0 saturated carbocycles. The lowest BCUT2D eigenvalue weighted by atomic mass is 10.2. The fourth-order valence-corrected chi connectivity index (χ4v) is 1.44. The van der Waals surface area contributed by atoms with Gasteiger partial charge in [0.25, 0.3) is 0 Å². The largest absolute Gasteiger partial charge is 0.480 e. The molecule has 0 aromatic heterocycles. The van der Waals surface area contributed by atoms with Crippen molar-refractivity contribution in [3.05, 3.63) is 0 Å². The summed E-state index contributed by atoms with van der Waals surface area (Å²) in [5.74, 6) is 1.18. The van der Waals surface area contributed by atoms with E-state index in [-0.39, 0.29) is 19.2 Å². The molecule has 0 aromatic carbocycles. The smallest absolute Gasteiger partial charge is 0.323 e. The Kier molecular flexibility index (Phi) is 8.41. The normalized spacial score (nSPS) is 9.61. The predicted octanol–water partition coefficient (Wildman–Crippen LogP) is 0.221. The lowest BCUT2D eigenvalue weighted by molar-refractivity contribution is -0.137. The molecule has 0 bridgehead atoms. The van der Waals surface area contributed by atoms with Crippen molar-refractivity contribution in [2.24, 2.45) is 0 Å². The van der Waals surface area contributed by atoms with Crippen LogP contribution in [0.15, 0.2) is 0 Å². The number of hydrogen-bond donors (Lipinski definition) is 2. The summed E-state index contributed by atoms with van der Waals surface area (Å²) in [4.78, 5) is 25.0. The van der Waals surface area contributed by atoms with E-state index in [1.165, 1.54) is 4.90 Å². The number of carbonyl (C=O) groups is 2. The Balaban J connectivity index is 4.20. The average molecular weight is 256 g/mol. The number of carbonyl (C=O) groups excluding carboxylic acids is 1. The summed E-state index contributed by atoms with van der Waals surface area (Å²) in [5.41, 5.74) is 0. The fraction of sp³-hybridized carbons (Fsp3) is 0.667. The van der Waals surface area contributed by atoms with Crippen molar-refractivity contribution < 1.29 is 19.8 Å². The number of rotatable bonds is 8. The highest BCUT2D eigenvalue weighted by molar-refractivity contribution is 5.80. The summed E-state index contributed by atoms with van der Waals surface area (Å²) >= 11 is 0. The Hall–Kier alpha value is -1.74. The van der Waals surface area contributed by atoms with Crippen molar-refractivity contribution in [2.45, 2.75) is 19.3 Å². The highest BCUT2D eigenvalue weighted by atomic mass is 16.4. The minimum atomic E-state index is -1.09. The summed E-state index contributed by atoms with van der Waals surface area (Å²) in [6, 6.07) is -0.389. The Morgan fingerprint density at radius 3 is 2.44 bits per heavy atom. The highest BCUT2D eigenvalue weighted by Gasteiger charge is 2.19. The van der Waals surface area contributed by atoms with Crippen LogP contribution in [0.2, 0.25) is 0 Å². The zero-order valence-electron chi connectivity index (χ0n) is 10.6. The number of terminal acetylenes is 1. The molecular formula is C12H20N2O4. The van der Waals surface area contributed by atoms with Crippen molar-refractivity contribution in [3.63, 3.8) is 0 Å². The Labute approximate surface area is 107 Å². The molecule has 2 amide bonds. The third-order valence-corrected chi connectivity index (χ3v) is 2.36. The molecular weight excluding hydrogens is 236 g/mol. The van der Waals surface area contributed by atoms with Crippen LogP contribution in [0.4, 0.5) is 4.79 Å². The first-order chi connectivity index (χ1) is 8.52. The number of nitrogens with zero attached hydrogens (tertiary/aromatic N) is 2. The summed E-state index contributed by atoms with van der Waals surface area (Å²) in [5, 5.41) is 17.3. The second kappa shape index (κ2) is 9.31. The van der Waals surface area contributed by atoms with Crippen LogP contribution in [0.5, 0.6) is 0 Å². The molecule has 0 radical (unpaired) electrons. The van der Waals surface area contributed by atoms with Crippen LogP contribution in [-0.4, -0.2) is 65.3 Å². The fourth-order valence-electron chi connectivity index (χ4n) is 1.44. The summed E-state index contributed by atoms with van der Waals surface area (Å²) < 4.78 is 0. The quantitative estimate of drug-likeness (QED) is 0.481. The third kappa shape index (κ3) is 6.76. The molecule has 0 aliphatic heterocycles. The first kappa shape index (κ1) is 16.3. The van der Waals surface area contributed by atoms with Crippen LogP contribution in [0.3, 0.4) is 0 Å². The monoisotopic (exact) mass is 256 g/mol. The Morgan fingerprint density at radius 1 is 1.28 bits per heavy atom. The van der Waals surface area contributed by atoms with Crippen LogP contribution in [0, 0.1) is 12.3 Å².